The summed E-state index contributed by atoms with van der Waals surface area (Å²) >= 11 is 0. The molecule has 0 aliphatic carbocycles. The quantitative estimate of drug-likeness (QED) is 0.440. The van der Waals surface area contributed by atoms with Gasteiger partial charge in [-0.25, -0.2) is 14.5 Å². The maximum Gasteiger partial charge on any atom is 0.239 e. The number of para-hydroxylation sites is 3. The van der Waals surface area contributed by atoms with E-state index in [1.54, 1.807) is 17.7 Å². The number of hydrogen-bond donors (Lipinski definition) is 2. The third-order valence-corrected chi connectivity index (χ3v) is 5.20. The fourth-order valence-electron chi connectivity index (χ4n) is 3.70. The van der Waals surface area contributed by atoms with Crippen molar-refractivity contribution in [3.05, 3.63) is 77.9 Å². The summed E-state index contributed by atoms with van der Waals surface area (Å²) in [5, 5.41) is 13.4. The van der Waals surface area contributed by atoms with Crippen LogP contribution < -0.4 is 15.8 Å². The molecule has 0 saturated heterocycles. The third-order valence-electron chi connectivity index (χ3n) is 5.20. The maximum atomic E-state index is 9.18. The summed E-state index contributed by atoms with van der Waals surface area (Å²) in [6.07, 6.45) is 0. The fourth-order valence-corrected chi connectivity index (χ4v) is 3.70. The average molecular weight is 421 g/mol. The normalized spacial score (nSPS) is 10.9. The number of ether oxygens (including phenoxy) is 1. The van der Waals surface area contributed by atoms with Gasteiger partial charge in [-0.2, -0.15) is 10.2 Å². The van der Waals surface area contributed by atoms with Crippen molar-refractivity contribution >= 4 is 33.7 Å². The molecule has 0 aliphatic rings. The van der Waals surface area contributed by atoms with Gasteiger partial charge in [0.25, 0.3) is 0 Å². The molecule has 5 aromatic rings. The van der Waals surface area contributed by atoms with E-state index in [9.17, 15) is 5.26 Å². The molecule has 3 N–H and O–H groups in total. The van der Waals surface area contributed by atoms with Gasteiger partial charge in [-0.1, -0.05) is 30.3 Å². The Morgan fingerprint density at radius 3 is 2.72 bits per heavy atom. The number of imidazole rings is 1. The number of fused-ring (bicyclic) bond motifs is 2. The van der Waals surface area contributed by atoms with Crippen molar-refractivity contribution in [3.63, 3.8) is 0 Å². The van der Waals surface area contributed by atoms with Gasteiger partial charge in [0.2, 0.25) is 11.9 Å². The van der Waals surface area contributed by atoms with Crippen LogP contribution in [0.2, 0.25) is 0 Å². The first-order chi connectivity index (χ1) is 15.7. The van der Waals surface area contributed by atoms with Gasteiger partial charge in [-0.3, -0.25) is 0 Å². The van der Waals surface area contributed by atoms with Crippen LogP contribution in [-0.2, 0) is 6.54 Å². The first kappa shape index (κ1) is 19.3. The highest BCUT2D eigenvalue weighted by Gasteiger charge is 2.17. The predicted octanol–water partition coefficient (Wildman–Crippen LogP) is 4.04. The first-order valence-electron chi connectivity index (χ1n) is 9.99. The van der Waals surface area contributed by atoms with E-state index in [-0.39, 0.29) is 0 Å². The van der Waals surface area contributed by atoms with Gasteiger partial charge in [0, 0.05) is 11.9 Å². The van der Waals surface area contributed by atoms with Gasteiger partial charge < -0.3 is 15.8 Å². The number of nitriles is 1. The Morgan fingerprint density at radius 1 is 1.03 bits per heavy atom. The molecule has 0 unspecified atom stereocenters. The Kier molecular flexibility index (Phi) is 4.76. The van der Waals surface area contributed by atoms with E-state index in [1.807, 2.05) is 60.7 Å². The summed E-state index contributed by atoms with van der Waals surface area (Å²) in [5.74, 6) is 1.95. The number of hydrogen-bond acceptors (Lipinski definition) is 7. The molecule has 156 valence electrons. The number of nitrogens with two attached hydrogens (primary N) is 1. The highest BCUT2D eigenvalue weighted by Crippen LogP contribution is 2.31. The Hall–Kier alpha value is -4.64. The fraction of sp³-hybridized carbons (Fsp3) is 0.0833. The van der Waals surface area contributed by atoms with Crippen molar-refractivity contribution in [2.24, 2.45) is 0 Å². The van der Waals surface area contributed by atoms with Gasteiger partial charge in [-0.05, 0) is 42.0 Å². The number of aromatic nitrogens is 4. The minimum atomic E-state index is 0.299. The van der Waals surface area contributed by atoms with Crippen LogP contribution in [0, 0.1) is 11.3 Å². The molecule has 5 rings (SSSR count). The summed E-state index contributed by atoms with van der Waals surface area (Å²) in [6.45, 7) is 0.485. The number of nitrogens with one attached hydrogen (secondary N) is 1. The van der Waals surface area contributed by atoms with Crippen LogP contribution in [0.3, 0.4) is 0 Å². The molecule has 2 heterocycles. The summed E-state index contributed by atoms with van der Waals surface area (Å²) < 4.78 is 7.28. The van der Waals surface area contributed by atoms with Crippen molar-refractivity contribution in [1.82, 2.24) is 19.5 Å². The Morgan fingerprint density at radius 2 is 1.88 bits per heavy atom. The van der Waals surface area contributed by atoms with Crippen LogP contribution in [0.25, 0.3) is 27.9 Å². The van der Waals surface area contributed by atoms with Crippen LogP contribution >= 0.6 is 0 Å². The molecule has 8 heteroatoms. The van der Waals surface area contributed by atoms with Crippen LogP contribution in [-0.4, -0.2) is 26.6 Å². The zero-order valence-electron chi connectivity index (χ0n) is 17.3. The minimum absolute atomic E-state index is 0.299. The monoisotopic (exact) mass is 421 g/mol. The zero-order valence-corrected chi connectivity index (χ0v) is 17.3. The lowest BCUT2D eigenvalue weighted by Gasteiger charge is -2.14. The molecule has 3 aromatic carbocycles. The Balaban J connectivity index is 1.66. The van der Waals surface area contributed by atoms with E-state index < -0.39 is 0 Å². The van der Waals surface area contributed by atoms with Crippen molar-refractivity contribution in [1.29, 1.82) is 5.26 Å². The van der Waals surface area contributed by atoms with Gasteiger partial charge in [0.1, 0.15) is 17.1 Å². The number of methoxy groups -OCH3 is 1. The molecule has 0 radical (unpaired) electrons. The van der Waals surface area contributed by atoms with E-state index >= 15 is 0 Å². The molecule has 8 nitrogen and oxygen atoms in total. The summed E-state index contributed by atoms with van der Waals surface area (Å²) in [4.78, 5) is 14.0. The molecule has 0 amide bonds. The van der Waals surface area contributed by atoms with Crippen molar-refractivity contribution in [2.45, 2.75) is 6.54 Å². The number of benzene rings is 3. The summed E-state index contributed by atoms with van der Waals surface area (Å²) in [7, 11) is 1.61. The molecular formula is C24H19N7O. The standard InChI is InChI=1S/C24H19N7O/c1-32-20-11-5-8-17-21(20)29-24(31-19-10-3-2-9-18(19)28-23(31)26)30-22(17)27-14-16-7-4-6-15(12-16)13-25/h2-12H,14H2,1H3,(H2,26,28)(H,27,29,30). The third kappa shape index (κ3) is 3.32. The number of nitrogens with zero attached hydrogens (tertiary/aromatic N) is 5. The SMILES string of the molecule is COc1cccc2c(NCc3cccc(C#N)c3)nc(-n3c(N)nc4ccccc43)nc12. The lowest BCUT2D eigenvalue weighted by atomic mass is 10.1. The molecule has 0 fully saturated rings. The Bertz CT molecular complexity index is 1500. The van der Waals surface area contributed by atoms with Gasteiger partial charge in [0.15, 0.2) is 0 Å². The molecule has 0 aliphatic heterocycles. The largest absolute Gasteiger partial charge is 0.494 e. The highest BCUT2D eigenvalue weighted by molar-refractivity contribution is 5.94. The van der Waals surface area contributed by atoms with Gasteiger partial charge >= 0.3 is 0 Å². The summed E-state index contributed by atoms with van der Waals surface area (Å²) in [5.41, 5.74) is 10.0. The summed E-state index contributed by atoms with van der Waals surface area (Å²) in [6, 6.07) is 22.9. The second kappa shape index (κ2) is 7.89. The first-order valence-corrected chi connectivity index (χ1v) is 9.99. The highest BCUT2D eigenvalue weighted by atomic mass is 16.5. The maximum absolute atomic E-state index is 9.18. The topological polar surface area (TPSA) is 115 Å². The van der Waals surface area contributed by atoms with Crippen LogP contribution in [0.4, 0.5) is 11.8 Å². The van der Waals surface area contributed by atoms with Crippen LogP contribution in [0.5, 0.6) is 5.75 Å². The molecule has 2 aromatic heterocycles. The van der Waals surface area contributed by atoms with E-state index in [0.717, 1.165) is 22.0 Å². The van der Waals surface area contributed by atoms with Gasteiger partial charge in [0.05, 0.1) is 29.8 Å². The van der Waals surface area contributed by atoms with Crippen molar-refractivity contribution in [2.75, 3.05) is 18.2 Å². The van der Waals surface area contributed by atoms with E-state index in [0.29, 0.717) is 41.1 Å². The van der Waals surface area contributed by atoms with Gasteiger partial charge in [-0.15, -0.1) is 0 Å². The second-order valence-corrected chi connectivity index (χ2v) is 7.19. The Labute approximate surface area is 183 Å². The smallest absolute Gasteiger partial charge is 0.239 e. The molecule has 0 bridgehead atoms. The zero-order chi connectivity index (χ0) is 22.1. The molecular weight excluding hydrogens is 402 g/mol. The van der Waals surface area contributed by atoms with Crippen molar-refractivity contribution in [3.8, 4) is 17.8 Å². The molecule has 32 heavy (non-hydrogen) atoms. The lowest BCUT2D eigenvalue weighted by Crippen LogP contribution is -2.10. The van der Waals surface area contributed by atoms with E-state index in [2.05, 4.69) is 16.4 Å². The molecule has 0 saturated carbocycles. The van der Waals surface area contributed by atoms with Crippen LogP contribution in [0.1, 0.15) is 11.1 Å². The van der Waals surface area contributed by atoms with Crippen LogP contribution in [0.15, 0.2) is 66.7 Å². The van der Waals surface area contributed by atoms with Crippen molar-refractivity contribution < 1.29 is 4.74 Å². The van der Waals surface area contributed by atoms with E-state index in [4.69, 9.17) is 20.4 Å². The minimum Gasteiger partial charge on any atom is -0.494 e. The number of nitrogen functional groups attached to an aromatic ring is 1. The second-order valence-electron chi connectivity index (χ2n) is 7.19. The number of rotatable bonds is 5. The predicted molar refractivity (Wildman–Crippen MR) is 124 cm³/mol. The number of anilines is 2. The lowest BCUT2D eigenvalue weighted by molar-refractivity contribution is 0.419. The average Bonchev–Trinajstić information content (AvgIpc) is 3.17. The molecule has 0 atom stereocenters. The van der Waals surface area contributed by atoms with E-state index in [1.165, 1.54) is 0 Å². The molecule has 0 spiro atoms.